The predicted molar refractivity (Wildman–Crippen MR) is 107 cm³/mol. The molecule has 0 aliphatic heterocycles. The van der Waals surface area contributed by atoms with Crippen LogP contribution in [0, 0.1) is 0 Å². The van der Waals surface area contributed by atoms with E-state index >= 15 is 0 Å². The molecular formula is C17H13BrCl3N3. The smallest absolute Gasteiger partial charge is 0.222 e. The second kappa shape index (κ2) is 8.17. The Labute approximate surface area is 165 Å². The van der Waals surface area contributed by atoms with Gasteiger partial charge in [-0.15, -0.1) is 12.4 Å². The van der Waals surface area contributed by atoms with E-state index < -0.39 is 0 Å². The summed E-state index contributed by atoms with van der Waals surface area (Å²) in [7, 11) is 1.78. The molecular weight excluding hydrogens is 432 g/mol. The van der Waals surface area contributed by atoms with Crippen molar-refractivity contribution in [2.45, 2.75) is 0 Å². The summed E-state index contributed by atoms with van der Waals surface area (Å²) < 4.78 is 1.01. The van der Waals surface area contributed by atoms with Gasteiger partial charge in [-0.2, -0.15) is 0 Å². The molecule has 0 unspecified atom stereocenters. The maximum absolute atomic E-state index is 6.37. The molecule has 0 amide bonds. The minimum absolute atomic E-state index is 0. The largest absolute Gasteiger partial charge is 0.357 e. The van der Waals surface area contributed by atoms with Gasteiger partial charge in [0.05, 0.1) is 10.7 Å². The third-order valence-corrected chi connectivity index (χ3v) is 4.43. The Morgan fingerprint density at radius 1 is 1.00 bits per heavy atom. The maximum atomic E-state index is 6.37. The molecule has 0 radical (unpaired) electrons. The summed E-state index contributed by atoms with van der Waals surface area (Å²) in [5.41, 5.74) is 3.49. The standard InChI is InChI=1S/C17H12BrCl2N3.ClH/c1-21-17-22-9-14(10-2-4-11(18)5-3-10)16(23-17)13-7-6-12(19)8-15(13)20;/h2-9H,1H3,(H,21,22,23);1H. The summed E-state index contributed by atoms with van der Waals surface area (Å²) in [6.45, 7) is 0. The lowest BCUT2D eigenvalue weighted by Gasteiger charge is -2.12. The van der Waals surface area contributed by atoms with E-state index in [1.54, 1.807) is 25.4 Å². The summed E-state index contributed by atoms with van der Waals surface area (Å²) in [5, 5.41) is 4.10. The van der Waals surface area contributed by atoms with Gasteiger partial charge in [-0.3, -0.25) is 0 Å². The number of halogens is 4. The Morgan fingerprint density at radius 3 is 2.33 bits per heavy atom. The van der Waals surface area contributed by atoms with Crippen LogP contribution in [0.4, 0.5) is 5.95 Å². The first-order valence-electron chi connectivity index (χ1n) is 6.84. The van der Waals surface area contributed by atoms with E-state index in [0.717, 1.165) is 26.9 Å². The van der Waals surface area contributed by atoms with Crippen LogP contribution in [0.15, 0.2) is 53.1 Å². The Hall–Kier alpha value is -1.33. The maximum Gasteiger partial charge on any atom is 0.222 e. The zero-order chi connectivity index (χ0) is 16.4. The van der Waals surface area contributed by atoms with Crippen molar-refractivity contribution in [1.82, 2.24) is 9.97 Å². The molecule has 1 heterocycles. The minimum Gasteiger partial charge on any atom is -0.357 e. The molecule has 0 aliphatic rings. The van der Waals surface area contributed by atoms with E-state index in [0.29, 0.717) is 16.0 Å². The van der Waals surface area contributed by atoms with Crippen molar-refractivity contribution in [3.8, 4) is 22.4 Å². The molecule has 2 aromatic carbocycles. The van der Waals surface area contributed by atoms with Crippen LogP contribution in [0.1, 0.15) is 0 Å². The molecule has 0 aliphatic carbocycles. The Balaban J connectivity index is 0.00000208. The fourth-order valence-electron chi connectivity index (χ4n) is 2.23. The SMILES string of the molecule is CNc1ncc(-c2ccc(Br)cc2)c(-c2ccc(Cl)cc2Cl)n1.Cl. The summed E-state index contributed by atoms with van der Waals surface area (Å²) in [6, 6.07) is 13.4. The molecule has 3 rings (SSSR count). The molecule has 0 saturated carbocycles. The van der Waals surface area contributed by atoms with Crippen LogP contribution in [0.2, 0.25) is 10.0 Å². The van der Waals surface area contributed by atoms with Gasteiger partial charge < -0.3 is 5.32 Å². The molecule has 1 aromatic heterocycles. The predicted octanol–water partition coefficient (Wildman–Crippen LogP) is 6.34. The molecule has 0 atom stereocenters. The van der Waals surface area contributed by atoms with Gasteiger partial charge in [0, 0.05) is 33.9 Å². The molecule has 3 aromatic rings. The van der Waals surface area contributed by atoms with Gasteiger partial charge >= 0.3 is 0 Å². The summed E-state index contributed by atoms with van der Waals surface area (Å²) in [6.07, 6.45) is 1.79. The van der Waals surface area contributed by atoms with Gasteiger partial charge in [0.1, 0.15) is 0 Å². The van der Waals surface area contributed by atoms with Gasteiger partial charge in [-0.05, 0) is 35.9 Å². The molecule has 3 nitrogen and oxygen atoms in total. The molecule has 24 heavy (non-hydrogen) atoms. The summed E-state index contributed by atoms with van der Waals surface area (Å²) in [5.74, 6) is 0.534. The van der Waals surface area contributed by atoms with Gasteiger partial charge in [-0.25, -0.2) is 9.97 Å². The molecule has 0 saturated heterocycles. The zero-order valence-corrected chi connectivity index (χ0v) is 16.5. The van der Waals surface area contributed by atoms with Gasteiger partial charge in [0.2, 0.25) is 5.95 Å². The van der Waals surface area contributed by atoms with Crippen LogP contribution in [0.3, 0.4) is 0 Å². The monoisotopic (exact) mass is 443 g/mol. The average Bonchev–Trinajstić information content (AvgIpc) is 2.55. The van der Waals surface area contributed by atoms with Crippen molar-refractivity contribution in [3.63, 3.8) is 0 Å². The third kappa shape index (κ3) is 4.01. The van der Waals surface area contributed by atoms with Crippen LogP contribution in [-0.2, 0) is 0 Å². The van der Waals surface area contributed by atoms with Crippen molar-refractivity contribution in [2.75, 3.05) is 12.4 Å². The van der Waals surface area contributed by atoms with Crippen molar-refractivity contribution in [2.24, 2.45) is 0 Å². The second-order valence-electron chi connectivity index (χ2n) is 4.84. The van der Waals surface area contributed by atoms with Gasteiger partial charge in [0.15, 0.2) is 0 Å². The number of rotatable bonds is 3. The highest BCUT2D eigenvalue weighted by Gasteiger charge is 2.14. The molecule has 0 fully saturated rings. The molecule has 124 valence electrons. The topological polar surface area (TPSA) is 37.8 Å². The molecule has 0 bridgehead atoms. The molecule has 7 heteroatoms. The first kappa shape index (κ1) is 19.0. The fourth-order valence-corrected chi connectivity index (χ4v) is 2.99. The number of benzene rings is 2. The van der Waals surface area contributed by atoms with E-state index in [-0.39, 0.29) is 12.4 Å². The van der Waals surface area contributed by atoms with Crippen LogP contribution < -0.4 is 5.32 Å². The highest BCUT2D eigenvalue weighted by atomic mass is 79.9. The van der Waals surface area contributed by atoms with Crippen LogP contribution >= 0.6 is 51.5 Å². The fraction of sp³-hybridized carbons (Fsp3) is 0.0588. The summed E-state index contributed by atoms with van der Waals surface area (Å²) >= 11 is 15.8. The van der Waals surface area contributed by atoms with E-state index in [1.165, 1.54) is 0 Å². The van der Waals surface area contributed by atoms with E-state index in [4.69, 9.17) is 23.2 Å². The molecule has 1 N–H and O–H groups in total. The lowest BCUT2D eigenvalue weighted by atomic mass is 10.0. The number of hydrogen-bond acceptors (Lipinski definition) is 3. The van der Waals surface area contributed by atoms with Crippen molar-refractivity contribution in [3.05, 3.63) is 63.2 Å². The van der Waals surface area contributed by atoms with Crippen LogP contribution in [-0.4, -0.2) is 17.0 Å². The van der Waals surface area contributed by atoms with E-state index in [1.807, 2.05) is 30.3 Å². The highest BCUT2D eigenvalue weighted by molar-refractivity contribution is 9.10. The first-order valence-corrected chi connectivity index (χ1v) is 8.39. The van der Waals surface area contributed by atoms with Crippen molar-refractivity contribution < 1.29 is 0 Å². The minimum atomic E-state index is 0. The Bertz CT molecular complexity index is 854. The average molecular weight is 446 g/mol. The van der Waals surface area contributed by atoms with E-state index in [9.17, 15) is 0 Å². The summed E-state index contributed by atoms with van der Waals surface area (Å²) in [4.78, 5) is 8.92. The zero-order valence-electron chi connectivity index (χ0n) is 12.6. The number of aromatic nitrogens is 2. The lowest BCUT2D eigenvalue weighted by Crippen LogP contribution is -1.99. The normalized spacial score (nSPS) is 10.2. The first-order chi connectivity index (χ1) is 11.1. The van der Waals surface area contributed by atoms with E-state index in [2.05, 4.69) is 31.2 Å². The van der Waals surface area contributed by atoms with Gasteiger partial charge in [-0.1, -0.05) is 51.3 Å². The Morgan fingerprint density at radius 2 is 1.71 bits per heavy atom. The third-order valence-electron chi connectivity index (χ3n) is 3.35. The van der Waals surface area contributed by atoms with Crippen molar-refractivity contribution >= 4 is 57.5 Å². The van der Waals surface area contributed by atoms with Crippen LogP contribution in [0.25, 0.3) is 22.4 Å². The van der Waals surface area contributed by atoms with Crippen LogP contribution in [0.5, 0.6) is 0 Å². The number of anilines is 1. The quantitative estimate of drug-likeness (QED) is 0.511. The highest BCUT2D eigenvalue weighted by Crippen LogP contribution is 2.36. The second-order valence-corrected chi connectivity index (χ2v) is 6.60. The number of nitrogens with zero attached hydrogens (tertiary/aromatic N) is 2. The Kier molecular flexibility index (Phi) is 6.47. The number of hydrogen-bond donors (Lipinski definition) is 1. The molecule has 0 spiro atoms. The number of nitrogens with one attached hydrogen (secondary N) is 1. The van der Waals surface area contributed by atoms with Gasteiger partial charge in [0.25, 0.3) is 0 Å². The lowest BCUT2D eigenvalue weighted by molar-refractivity contribution is 1.16. The van der Waals surface area contributed by atoms with Crippen molar-refractivity contribution in [1.29, 1.82) is 0 Å².